The average molecular weight is 247 g/mol. The molecule has 1 N–H and O–H groups in total. The van der Waals surface area contributed by atoms with Crippen molar-refractivity contribution >= 4 is 0 Å². The Morgan fingerprint density at radius 3 is 2.78 bits per heavy atom. The molecule has 2 heteroatoms. The topological polar surface area (TPSA) is 21.3 Å². The number of rotatable bonds is 4. The molecule has 0 bridgehead atoms. The predicted octanol–water partition coefficient (Wildman–Crippen LogP) is 3.88. The van der Waals surface area contributed by atoms with Crippen LogP contribution in [0.2, 0.25) is 0 Å². The van der Waals surface area contributed by atoms with E-state index in [1.807, 2.05) is 0 Å². The first-order valence-electron chi connectivity index (χ1n) is 6.96. The van der Waals surface area contributed by atoms with Gasteiger partial charge in [-0.05, 0) is 35.3 Å². The summed E-state index contributed by atoms with van der Waals surface area (Å²) in [4.78, 5) is 5.68. The highest BCUT2D eigenvalue weighted by Crippen LogP contribution is 2.43. The summed E-state index contributed by atoms with van der Waals surface area (Å²) in [6.07, 6.45) is 2.37. The second-order valence-corrected chi connectivity index (χ2v) is 6.44. The Bertz CT molecular complexity index is 398. The van der Waals surface area contributed by atoms with E-state index < -0.39 is 0 Å². The number of hydroxylamine groups is 1. The molecule has 1 aromatic carbocycles. The highest BCUT2D eigenvalue weighted by molar-refractivity contribution is 5.33. The van der Waals surface area contributed by atoms with E-state index in [0.717, 1.165) is 6.61 Å². The Morgan fingerprint density at radius 2 is 2.06 bits per heavy atom. The Labute approximate surface area is 111 Å². The van der Waals surface area contributed by atoms with Crippen LogP contribution in [0, 0.1) is 11.3 Å². The molecule has 0 radical (unpaired) electrons. The van der Waals surface area contributed by atoms with Gasteiger partial charge in [-0.25, -0.2) is 0 Å². The molecular weight excluding hydrogens is 222 g/mol. The number of nitrogens with one attached hydrogen (secondary N) is 1. The van der Waals surface area contributed by atoms with Gasteiger partial charge in [-0.2, -0.15) is 5.48 Å². The van der Waals surface area contributed by atoms with E-state index in [1.165, 1.54) is 24.0 Å². The van der Waals surface area contributed by atoms with Gasteiger partial charge in [0, 0.05) is 0 Å². The molecule has 0 fully saturated rings. The van der Waals surface area contributed by atoms with Crippen LogP contribution < -0.4 is 5.48 Å². The van der Waals surface area contributed by atoms with Crippen molar-refractivity contribution in [2.45, 2.75) is 46.6 Å². The highest BCUT2D eigenvalue weighted by Gasteiger charge is 2.35. The van der Waals surface area contributed by atoms with E-state index in [4.69, 9.17) is 4.84 Å². The third-order valence-corrected chi connectivity index (χ3v) is 3.80. The summed E-state index contributed by atoms with van der Waals surface area (Å²) >= 11 is 0. The van der Waals surface area contributed by atoms with Crippen molar-refractivity contribution in [2.24, 2.45) is 11.3 Å². The van der Waals surface area contributed by atoms with Gasteiger partial charge >= 0.3 is 0 Å². The normalized spacial score (nSPS) is 21.9. The predicted molar refractivity (Wildman–Crippen MR) is 75.2 cm³/mol. The van der Waals surface area contributed by atoms with Gasteiger partial charge in [-0.15, -0.1) is 0 Å². The van der Waals surface area contributed by atoms with Crippen molar-refractivity contribution < 1.29 is 4.84 Å². The van der Waals surface area contributed by atoms with Gasteiger partial charge in [-0.1, -0.05) is 52.0 Å². The standard InChI is InChI=1S/C16H25NO/c1-12(2)11-18-17-15-14-8-6-5-7-13(14)9-10-16(15,3)4/h5-8,12,15,17H,9-11H2,1-4H3. The summed E-state index contributed by atoms with van der Waals surface area (Å²) in [5.41, 5.74) is 6.40. The first-order valence-corrected chi connectivity index (χ1v) is 6.96. The molecule has 0 saturated heterocycles. The first kappa shape index (κ1) is 13.6. The quantitative estimate of drug-likeness (QED) is 0.815. The van der Waals surface area contributed by atoms with Crippen LogP contribution in [-0.2, 0) is 11.3 Å². The fourth-order valence-electron chi connectivity index (χ4n) is 2.59. The minimum Gasteiger partial charge on any atom is -0.301 e. The summed E-state index contributed by atoms with van der Waals surface area (Å²) in [7, 11) is 0. The Hall–Kier alpha value is -0.860. The van der Waals surface area contributed by atoms with Gasteiger partial charge in [0.1, 0.15) is 0 Å². The maximum absolute atomic E-state index is 5.68. The molecule has 0 aliphatic heterocycles. The monoisotopic (exact) mass is 247 g/mol. The molecule has 0 saturated carbocycles. The zero-order valence-corrected chi connectivity index (χ0v) is 12.0. The highest BCUT2D eigenvalue weighted by atomic mass is 16.6. The van der Waals surface area contributed by atoms with E-state index in [-0.39, 0.29) is 5.41 Å². The van der Waals surface area contributed by atoms with Crippen molar-refractivity contribution in [3.8, 4) is 0 Å². The Kier molecular flexibility index (Phi) is 4.08. The van der Waals surface area contributed by atoms with Crippen molar-refractivity contribution in [1.29, 1.82) is 0 Å². The Balaban J connectivity index is 2.14. The zero-order chi connectivity index (χ0) is 13.2. The maximum Gasteiger partial charge on any atom is 0.0705 e. The maximum atomic E-state index is 5.68. The second kappa shape index (κ2) is 5.41. The number of aryl methyl sites for hydroxylation is 1. The fraction of sp³-hybridized carbons (Fsp3) is 0.625. The summed E-state index contributed by atoms with van der Waals surface area (Å²) in [6.45, 7) is 9.73. The van der Waals surface area contributed by atoms with Crippen molar-refractivity contribution in [3.63, 3.8) is 0 Å². The lowest BCUT2D eigenvalue weighted by Gasteiger charge is -2.40. The minimum absolute atomic E-state index is 0.241. The van der Waals surface area contributed by atoms with E-state index >= 15 is 0 Å². The van der Waals surface area contributed by atoms with Gasteiger partial charge in [0.15, 0.2) is 0 Å². The van der Waals surface area contributed by atoms with E-state index in [1.54, 1.807) is 0 Å². The first-order chi connectivity index (χ1) is 8.50. The third-order valence-electron chi connectivity index (χ3n) is 3.80. The number of hydrogen-bond donors (Lipinski definition) is 1. The molecule has 1 aromatic rings. The van der Waals surface area contributed by atoms with Crippen LogP contribution in [0.4, 0.5) is 0 Å². The third kappa shape index (κ3) is 2.93. The molecule has 18 heavy (non-hydrogen) atoms. The molecule has 2 nitrogen and oxygen atoms in total. The van der Waals surface area contributed by atoms with E-state index in [2.05, 4.69) is 57.4 Å². The average Bonchev–Trinajstić information content (AvgIpc) is 2.31. The van der Waals surface area contributed by atoms with Gasteiger partial charge in [0.25, 0.3) is 0 Å². The van der Waals surface area contributed by atoms with Crippen LogP contribution >= 0.6 is 0 Å². The fourth-order valence-corrected chi connectivity index (χ4v) is 2.59. The van der Waals surface area contributed by atoms with Crippen LogP contribution in [-0.4, -0.2) is 6.61 Å². The van der Waals surface area contributed by atoms with E-state index in [0.29, 0.717) is 12.0 Å². The molecule has 0 amide bonds. The number of fused-ring (bicyclic) bond motifs is 1. The molecule has 0 heterocycles. The second-order valence-electron chi connectivity index (χ2n) is 6.44. The van der Waals surface area contributed by atoms with Gasteiger partial charge in [-0.3, -0.25) is 0 Å². The molecular formula is C16H25NO. The molecule has 2 rings (SSSR count). The van der Waals surface area contributed by atoms with Crippen LogP contribution in [0.3, 0.4) is 0 Å². The van der Waals surface area contributed by atoms with Crippen molar-refractivity contribution in [2.75, 3.05) is 6.61 Å². The molecule has 1 aliphatic rings. The molecule has 1 aliphatic carbocycles. The van der Waals surface area contributed by atoms with Gasteiger partial charge in [0.05, 0.1) is 12.6 Å². The van der Waals surface area contributed by atoms with Gasteiger partial charge in [0.2, 0.25) is 0 Å². The smallest absolute Gasteiger partial charge is 0.0705 e. The van der Waals surface area contributed by atoms with Gasteiger partial charge < -0.3 is 4.84 Å². The lowest BCUT2D eigenvalue weighted by Crippen LogP contribution is -2.38. The zero-order valence-electron chi connectivity index (χ0n) is 12.0. The summed E-state index contributed by atoms with van der Waals surface area (Å²) in [5, 5.41) is 0. The van der Waals surface area contributed by atoms with Crippen LogP contribution in [0.15, 0.2) is 24.3 Å². The largest absolute Gasteiger partial charge is 0.301 e. The SMILES string of the molecule is CC(C)CONC1c2ccccc2CCC1(C)C. The molecule has 1 atom stereocenters. The van der Waals surface area contributed by atoms with Crippen molar-refractivity contribution in [3.05, 3.63) is 35.4 Å². The van der Waals surface area contributed by atoms with Crippen LogP contribution in [0.1, 0.15) is 51.3 Å². The minimum atomic E-state index is 0.241. The lowest BCUT2D eigenvalue weighted by atomic mass is 9.71. The molecule has 0 aromatic heterocycles. The Morgan fingerprint density at radius 1 is 1.33 bits per heavy atom. The van der Waals surface area contributed by atoms with E-state index in [9.17, 15) is 0 Å². The summed E-state index contributed by atoms with van der Waals surface area (Å²) in [6, 6.07) is 9.01. The van der Waals surface area contributed by atoms with Crippen LogP contribution in [0.25, 0.3) is 0 Å². The number of benzene rings is 1. The summed E-state index contributed by atoms with van der Waals surface area (Å²) < 4.78 is 0. The number of hydrogen-bond acceptors (Lipinski definition) is 2. The van der Waals surface area contributed by atoms with Crippen LogP contribution in [0.5, 0.6) is 0 Å². The lowest BCUT2D eigenvalue weighted by molar-refractivity contribution is -0.0333. The molecule has 1 unspecified atom stereocenters. The molecule has 0 spiro atoms. The van der Waals surface area contributed by atoms with Crippen molar-refractivity contribution in [1.82, 2.24) is 5.48 Å². The summed E-state index contributed by atoms with van der Waals surface area (Å²) in [5.74, 6) is 0.555. The molecule has 100 valence electrons.